The molecule has 1 saturated carbocycles. The van der Waals surface area contributed by atoms with Crippen molar-refractivity contribution >= 4 is 5.91 Å². The Hall–Kier alpha value is -1.56. The van der Waals surface area contributed by atoms with E-state index in [0.717, 1.165) is 12.8 Å². The van der Waals surface area contributed by atoms with E-state index in [4.69, 9.17) is 5.11 Å². The molecular weight excluding hydrogens is 198 g/mol. The first-order valence-electron chi connectivity index (χ1n) is 4.89. The summed E-state index contributed by atoms with van der Waals surface area (Å²) in [5, 5.41) is 11.7. The summed E-state index contributed by atoms with van der Waals surface area (Å²) >= 11 is 0. The fourth-order valence-electron chi connectivity index (χ4n) is 1.65. The Bertz CT molecular complexity index is 403. The van der Waals surface area contributed by atoms with Gasteiger partial charge in [0.1, 0.15) is 5.69 Å². The monoisotopic (exact) mass is 211 g/mol. The number of aliphatic hydroxyl groups excluding tert-OH is 1. The summed E-state index contributed by atoms with van der Waals surface area (Å²) in [4.78, 5) is 26.9. The highest BCUT2D eigenvalue weighted by molar-refractivity contribution is 5.91. The Kier molecular flexibility index (Phi) is 2.59. The standard InChI is InChI=1S/C9H13N3O3/c13-6-1-5(2-6)3-10-8(14)7-4-11-9(15)12-7/h4-6,13H,1-3H2,(H,10,14)(H2,11,12,15). The van der Waals surface area contributed by atoms with Gasteiger partial charge in [0.05, 0.1) is 6.10 Å². The van der Waals surface area contributed by atoms with Crippen molar-refractivity contribution < 1.29 is 9.90 Å². The van der Waals surface area contributed by atoms with Gasteiger partial charge in [0, 0.05) is 12.7 Å². The summed E-state index contributed by atoms with van der Waals surface area (Å²) in [6, 6.07) is 0. The van der Waals surface area contributed by atoms with Crippen LogP contribution in [-0.2, 0) is 0 Å². The number of rotatable bonds is 3. The Morgan fingerprint density at radius 3 is 2.87 bits per heavy atom. The number of aliphatic hydroxyl groups is 1. The lowest BCUT2D eigenvalue weighted by molar-refractivity contribution is 0.0420. The Morgan fingerprint density at radius 2 is 2.33 bits per heavy atom. The van der Waals surface area contributed by atoms with Crippen molar-refractivity contribution in [3.05, 3.63) is 22.4 Å². The first-order chi connectivity index (χ1) is 7.15. The lowest BCUT2D eigenvalue weighted by Crippen LogP contribution is -2.38. The van der Waals surface area contributed by atoms with Gasteiger partial charge < -0.3 is 20.4 Å². The van der Waals surface area contributed by atoms with Gasteiger partial charge in [-0.15, -0.1) is 0 Å². The molecule has 0 aromatic carbocycles. The third-order valence-corrected chi connectivity index (χ3v) is 2.60. The van der Waals surface area contributed by atoms with E-state index >= 15 is 0 Å². The normalized spacial score (nSPS) is 24.6. The van der Waals surface area contributed by atoms with E-state index in [2.05, 4.69) is 15.3 Å². The number of imidazole rings is 1. The summed E-state index contributed by atoms with van der Waals surface area (Å²) in [6.07, 6.45) is 2.61. The fourth-order valence-corrected chi connectivity index (χ4v) is 1.65. The molecular formula is C9H13N3O3. The van der Waals surface area contributed by atoms with Crippen LogP contribution in [0.3, 0.4) is 0 Å². The van der Waals surface area contributed by atoms with Crippen molar-refractivity contribution in [1.82, 2.24) is 15.3 Å². The molecule has 0 atom stereocenters. The minimum absolute atomic E-state index is 0.209. The Labute approximate surface area is 85.7 Å². The predicted molar refractivity (Wildman–Crippen MR) is 52.5 cm³/mol. The molecule has 15 heavy (non-hydrogen) atoms. The molecule has 0 radical (unpaired) electrons. The van der Waals surface area contributed by atoms with Gasteiger partial charge in [0.25, 0.3) is 5.91 Å². The zero-order valence-corrected chi connectivity index (χ0v) is 8.12. The molecule has 1 heterocycles. The van der Waals surface area contributed by atoms with Crippen molar-refractivity contribution in [1.29, 1.82) is 0 Å². The number of H-pyrrole nitrogens is 2. The lowest BCUT2D eigenvalue weighted by atomic mass is 9.82. The first-order valence-corrected chi connectivity index (χ1v) is 4.89. The van der Waals surface area contributed by atoms with Crippen molar-refractivity contribution in [3.63, 3.8) is 0 Å². The third-order valence-electron chi connectivity index (χ3n) is 2.60. The van der Waals surface area contributed by atoms with Crippen LogP contribution < -0.4 is 11.0 Å². The van der Waals surface area contributed by atoms with Crippen molar-refractivity contribution in [2.75, 3.05) is 6.54 Å². The molecule has 1 aliphatic carbocycles. The smallest absolute Gasteiger partial charge is 0.323 e. The molecule has 1 aliphatic rings. The molecule has 82 valence electrons. The summed E-state index contributed by atoms with van der Waals surface area (Å²) in [5.41, 5.74) is -0.154. The van der Waals surface area contributed by atoms with Crippen LogP contribution in [0, 0.1) is 5.92 Å². The maximum atomic E-state index is 11.4. The Balaban J connectivity index is 1.80. The Morgan fingerprint density at radius 1 is 1.60 bits per heavy atom. The number of nitrogens with one attached hydrogen (secondary N) is 3. The molecule has 1 fully saturated rings. The number of carbonyl (C=O) groups excluding carboxylic acids is 1. The molecule has 2 rings (SSSR count). The number of aromatic amines is 2. The maximum Gasteiger partial charge on any atom is 0.323 e. The number of hydrogen-bond acceptors (Lipinski definition) is 3. The lowest BCUT2D eigenvalue weighted by Gasteiger charge is -2.31. The molecule has 0 bridgehead atoms. The van der Waals surface area contributed by atoms with Crippen LogP contribution >= 0.6 is 0 Å². The van der Waals surface area contributed by atoms with Gasteiger partial charge in [-0.2, -0.15) is 0 Å². The second kappa shape index (κ2) is 3.90. The summed E-state index contributed by atoms with van der Waals surface area (Å²) in [7, 11) is 0. The predicted octanol–water partition coefficient (Wildman–Crippen LogP) is -0.796. The van der Waals surface area contributed by atoms with Gasteiger partial charge in [0.15, 0.2) is 0 Å². The second-order valence-corrected chi connectivity index (χ2v) is 3.86. The zero-order chi connectivity index (χ0) is 10.8. The highest BCUT2D eigenvalue weighted by atomic mass is 16.3. The summed E-state index contributed by atoms with van der Waals surface area (Å²) in [6.45, 7) is 0.545. The van der Waals surface area contributed by atoms with Crippen LogP contribution in [0.4, 0.5) is 0 Å². The zero-order valence-electron chi connectivity index (χ0n) is 8.12. The van der Waals surface area contributed by atoms with Crippen LogP contribution in [0.1, 0.15) is 23.3 Å². The highest BCUT2D eigenvalue weighted by Crippen LogP contribution is 2.26. The molecule has 0 saturated heterocycles. The van der Waals surface area contributed by atoms with Crippen molar-refractivity contribution in [2.24, 2.45) is 5.92 Å². The van der Waals surface area contributed by atoms with Crippen LogP contribution in [0.15, 0.2) is 11.0 Å². The second-order valence-electron chi connectivity index (χ2n) is 3.86. The van der Waals surface area contributed by atoms with Crippen LogP contribution in [0.25, 0.3) is 0 Å². The third kappa shape index (κ3) is 2.27. The number of hydrogen-bond donors (Lipinski definition) is 4. The molecule has 0 spiro atoms. The van der Waals surface area contributed by atoms with Crippen LogP contribution in [0.2, 0.25) is 0 Å². The van der Waals surface area contributed by atoms with Crippen molar-refractivity contribution in [2.45, 2.75) is 18.9 Å². The summed E-state index contributed by atoms with van der Waals surface area (Å²) in [5.74, 6) is 0.0596. The topological polar surface area (TPSA) is 98.0 Å². The average Bonchev–Trinajstić information content (AvgIpc) is 2.57. The van der Waals surface area contributed by atoms with E-state index in [0.29, 0.717) is 12.5 Å². The van der Waals surface area contributed by atoms with Gasteiger partial charge in [-0.05, 0) is 18.8 Å². The molecule has 0 aliphatic heterocycles. The molecule has 1 aromatic rings. The van der Waals surface area contributed by atoms with E-state index in [1.807, 2.05) is 0 Å². The molecule has 6 nitrogen and oxygen atoms in total. The average molecular weight is 211 g/mol. The molecule has 0 unspecified atom stereocenters. The number of aromatic nitrogens is 2. The fraction of sp³-hybridized carbons (Fsp3) is 0.556. The van der Waals surface area contributed by atoms with Gasteiger partial charge in [-0.3, -0.25) is 4.79 Å². The minimum Gasteiger partial charge on any atom is -0.393 e. The van der Waals surface area contributed by atoms with Crippen LogP contribution in [0.5, 0.6) is 0 Å². The van der Waals surface area contributed by atoms with Gasteiger partial charge in [-0.1, -0.05) is 0 Å². The van der Waals surface area contributed by atoms with E-state index in [9.17, 15) is 9.59 Å². The van der Waals surface area contributed by atoms with Gasteiger partial charge in [0.2, 0.25) is 0 Å². The largest absolute Gasteiger partial charge is 0.393 e. The molecule has 6 heteroatoms. The van der Waals surface area contributed by atoms with Crippen molar-refractivity contribution in [3.8, 4) is 0 Å². The van der Waals surface area contributed by atoms with E-state index in [1.165, 1.54) is 6.20 Å². The van der Waals surface area contributed by atoms with E-state index < -0.39 is 0 Å². The minimum atomic E-state index is -0.390. The molecule has 1 aromatic heterocycles. The van der Waals surface area contributed by atoms with Gasteiger partial charge in [-0.25, -0.2) is 4.79 Å². The number of amides is 1. The SMILES string of the molecule is O=C(NCC1CC(O)C1)c1c[nH]c(=O)[nH]1. The molecule has 1 amide bonds. The van der Waals surface area contributed by atoms with E-state index in [-0.39, 0.29) is 23.4 Å². The maximum absolute atomic E-state index is 11.4. The van der Waals surface area contributed by atoms with Crippen LogP contribution in [-0.4, -0.2) is 33.6 Å². The highest BCUT2D eigenvalue weighted by Gasteiger charge is 2.27. The van der Waals surface area contributed by atoms with Gasteiger partial charge >= 0.3 is 5.69 Å². The quantitative estimate of drug-likeness (QED) is 0.527. The van der Waals surface area contributed by atoms with E-state index in [1.54, 1.807) is 0 Å². The first kappa shape index (κ1) is 9.97. The number of carbonyl (C=O) groups is 1. The summed E-state index contributed by atoms with van der Waals surface area (Å²) < 4.78 is 0. The molecule has 4 N–H and O–H groups in total.